The van der Waals surface area contributed by atoms with Gasteiger partial charge in [0.05, 0.1) is 17.1 Å². The van der Waals surface area contributed by atoms with Gasteiger partial charge in [-0.3, -0.25) is 9.48 Å². The monoisotopic (exact) mass is 340 g/mol. The molecule has 7 nitrogen and oxygen atoms in total. The van der Waals surface area contributed by atoms with Crippen molar-refractivity contribution in [1.82, 2.24) is 14.8 Å². The van der Waals surface area contributed by atoms with Crippen molar-refractivity contribution in [1.29, 1.82) is 0 Å². The normalized spacial score (nSPS) is 12.2. The van der Waals surface area contributed by atoms with Gasteiger partial charge in [-0.05, 0) is 32.9 Å². The summed E-state index contributed by atoms with van der Waals surface area (Å²) in [5, 5.41) is 7.93. The minimum Gasteiger partial charge on any atom is -0.448 e. The number of anilines is 1. The molecule has 0 unspecified atom stereocenters. The number of carbonyl (C=O) groups excluding carboxylic acids is 2. The van der Waals surface area contributed by atoms with E-state index in [9.17, 15) is 9.59 Å². The van der Waals surface area contributed by atoms with E-state index >= 15 is 0 Å². The summed E-state index contributed by atoms with van der Waals surface area (Å²) in [6.07, 6.45) is -0.932. The van der Waals surface area contributed by atoms with Gasteiger partial charge in [-0.15, -0.1) is 0 Å². The maximum absolute atomic E-state index is 12.3. The largest absolute Gasteiger partial charge is 0.448 e. The van der Waals surface area contributed by atoms with Crippen LogP contribution in [0, 0.1) is 13.8 Å². The van der Waals surface area contributed by atoms with Crippen molar-refractivity contribution in [2.24, 2.45) is 7.05 Å². The predicted octanol–water partition coefficient (Wildman–Crippen LogP) is 2.70. The Hall–Kier alpha value is -3.09. The zero-order valence-electron chi connectivity index (χ0n) is 14.6. The van der Waals surface area contributed by atoms with Crippen LogP contribution in [0.2, 0.25) is 0 Å². The summed E-state index contributed by atoms with van der Waals surface area (Å²) in [6, 6.07) is 9.24. The molecule has 2 aromatic heterocycles. The van der Waals surface area contributed by atoms with Gasteiger partial charge < -0.3 is 15.0 Å². The number of esters is 1. The highest BCUT2D eigenvalue weighted by atomic mass is 16.5. The van der Waals surface area contributed by atoms with Crippen LogP contribution in [-0.2, 0) is 16.6 Å². The summed E-state index contributed by atoms with van der Waals surface area (Å²) < 4.78 is 6.96. The Morgan fingerprint density at radius 2 is 2.00 bits per heavy atom. The molecule has 0 aliphatic carbocycles. The minimum absolute atomic E-state index is 0.314. The van der Waals surface area contributed by atoms with Gasteiger partial charge in [-0.2, -0.15) is 5.10 Å². The zero-order valence-corrected chi connectivity index (χ0v) is 14.6. The number of hydrogen-bond acceptors (Lipinski definition) is 4. The van der Waals surface area contributed by atoms with Crippen molar-refractivity contribution in [3.63, 3.8) is 0 Å². The number of rotatable bonds is 4. The molecule has 0 bridgehead atoms. The average molecular weight is 340 g/mol. The fraction of sp³-hybridized carbons (Fsp3) is 0.278. The number of fused-ring (bicyclic) bond motifs is 1. The maximum atomic E-state index is 12.3. The Kier molecular flexibility index (Phi) is 4.31. The lowest BCUT2D eigenvalue weighted by Gasteiger charge is -2.13. The van der Waals surface area contributed by atoms with E-state index in [4.69, 9.17) is 4.74 Å². The fourth-order valence-electron chi connectivity index (χ4n) is 2.64. The second kappa shape index (κ2) is 6.43. The molecule has 2 N–H and O–H groups in total. The third-order valence-electron chi connectivity index (χ3n) is 4.16. The summed E-state index contributed by atoms with van der Waals surface area (Å²) >= 11 is 0. The molecule has 7 heteroatoms. The highest BCUT2D eigenvalue weighted by Gasteiger charge is 2.22. The molecular weight excluding hydrogens is 320 g/mol. The molecule has 2 heterocycles. The smallest absolute Gasteiger partial charge is 0.355 e. The van der Waals surface area contributed by atoms with Gasteiger partial charge in [-0.25, -0.2) is 4.79 Å². The average Bonchev–Trinajstić information content (AvgIpc) is 3.11. The van der Waals surface area contributed by atoms with Crippen LogP contribution in [0.3, 0.4) is 0 Å². The van der Waals surface area contributed by atoms with Gasteiger partial charge >= 0.3 is 5.97 Å². The molecule has 1 amide bonds. The van der Waals surface area contributed by atoms with Gasteiger partial charge in [0.1, 0.15) is 5.69 Å². The van der Waals surface area contributed by atoms with E-state index < -0.39 is 18.0 Å². The molecule has 1 atom stereocenters. The van der Waals surface area contributed by atoms with E-state index in [1.807, 2.05) is 38.1 Å². The van der Waals surface area contributed by atoms with Crippen molar-refractivity contribution >= 4 is 28.5 Å². The Morgan fingerprint density at radius 3 is 2.64 bits per heavy atom. The quantitative estimate of drug-likeness (QED) is 0.715. The van der Waals surface area contributed by atoms with Crippen LogP contribution < -0.4 is 5.32 Å². The van der Waals surface area contributed by atoms with Crippen molar-refractivity contribution in [2.75, 3.05) is 5.32 Å². The first kappa shape index (κ1) is 16.8. The number of aromatic amines is 1. The van der Waals surface area contributed by atoms with E-state index in [-0.39, 0.29) is 0 Å². The van der Waals surface area contributed by atoms with E-state index in [1.165, 1.54) is 6.92 Å². The lowest BCUT2D eigenvalue weighted by atomic mass is 10.2. The number of benzene rings is 1. The van der Waals surface area contributed by atoms with Gasteiger partial charge in [0.2, 0.25) is 0 Å². The molecule has 1 aromatic carbocycles. The first-order chi connectivity index (χ1) is 11.9. The number of nitrogens with zero attached hydrogens (tertiary/aromatic N) is 2. The number of aryl methyl sites for hydroxylation is 2. The minimum atomic E-state index is -0.932. The number of nitrogens with one attached hydrogen (secondary N) is 2. The van der Waals surface area contributed by atoms with Gasteiger partial charge in [-0.1, -0.05) is 18.2 Å². The van der Waals surface area contributed by atoms with Gasteiger partial charge in [0.25, 0.3) is 5.91 Å². The van der Waals surface area contributed by atoms with Gasteiger partial charge in [0.15, 0.2) is 6.10 Å². The van der Waals surface area contributed by atoms with Crippen LogP contribution in [0.4, 0.5) is 5.69 Å². The number of amides is 1. The number of H-pyrrole nitrogens is 1. The first-order valence-electron chi connectivity index (χ1n) is 7.96. The molecule has 0 saturated heterocycles. The Bertz CT molecular complexity index is 922. The van der Waals surface area contributed by atoms with Crippen molar-refractivity contribution in [3.8, 4) is 0 Å². The van der Waals surface area contributed by atoms with E-state index in [0.717, 1.165) is 16.6 Å². The summed E-state index contributed by atoms with van der Waals surface area (Å²) in [4.78, 5) is 27.6. The van der Waals surface area contributed by atoms with Crippen molar-refractivity contribution < 1.29 is 14.3 Å². The lowest BCUT2D eigenvalue weighted by Crippen LogP contribution is -2.30. The number of hydrogen-bond donors (Lipinski definition) is 2. The Balaban J connectivity index is 1.69. The summed E-state index contributed by atoms with van der Waals surface area (Å²) in [5.41, 5.74) is 3.34. The first-order valence-corrected chi connectivity index (χ1v) is 7.96. The second-order valence-corrected chi connectivity index (χ2v) is 5.98. The van der Waals surface area contributed by atoms with Crippen LogP contribution in [0.5, 0.6) is 0 Å². The van der Waals surface area contributed by atoms with E-state index in [2.05, 4.69) is 15.4 Å². The van der Waals surface area contributed by atoms with E-state index in [0.29, 0.717) is 17.1 Å². The Morgan fingerprint density at radius 1 is 1.28 bits per heavy atom. The number of aromatic nitrogens is 3. The third-order valence-corrected chi connectivity index (χ3v) is 4.16. The standard InChI is InChI=1S/C18H20N4O3/c1-10-16(11(2)22(4)21-10)20-17(23)12(3)25-18(24)15-9-13-7-5-6-8-14(13)19-15/h5-9,12,19H,1-4H3,(H,20,23)/t12-/m0/s1. The zero-order chi connectivity index (χ0) is 18.1. The summed E-state index contributed by atoms with van der Waals surface area (Å²) in [6.45, 7) is 5.21. The molecule has 0 saturated carbocycles. The molecule has 0 aliphatic heterocycles. The number of para-hydroxylation sites is 1. The van der Waals surface area contributed by atoms with Crippen LogP contribution in [-0.4, -0.2) is 32.7 Å². The Labute approximate surface area is 145 Å². The molecule has 25 heavy (non-hydrogen) atoms. The van der Waals surface area contributed by atoms with Crippen LogP contribution in [0.15, 0.2) is 30.3 Å². The van der Waals surface area contributed by atoms with Gasteiger partial charge in [0, 0.05) is 18.0 Å². The number of carbonyl (C=O) groups is 2. The third kappa shape index (κ3) is 3.26. The van der Waals surface area contributed by atoms with Crippen LogP contribution in [0.1, 0.15) is 28.8 Å². The SMILES string of the molecule is Cc1nn(C)c(C)c1NC(=O)[C@H](C)OC(=O)c1cc2ccccc2[nH]1. The van der Waals surface area contributed by atoms with Crippen molar-refractivity contribution in [3.05, 3.63) is 47.4 Å². The molecule has 3 aromatic rings. The maximum Gasteiger partial charge on any atom is 0.355 e. The molecule has 0 radical (unpaired) electrons. The topological polar surface area (TPSA) is 89.0 Å². The molecule has 3 rings (SSSR count). The highest BCUT2D eigenvalue weighted by Crippen LogP contribution is 2.19. The molecule has 130 valence electrons. The lowest BCUT2D eigenvalue weighted by molar-refractivity contribution is -0.123. The van der Waals surface area contributed by atoms with Crippen molar-refractivity contribution in [2.45, 2.75) is 26.9 Å². The molecule has 0 spiro atoms. The highest BCUT2D eigenvalue weighted by molar-refractivity contribution is 5.99. The van der Waals surface area contributed by atoms with Crippen LogP contribution in [0.25, 0.3) is 10.9 Å². The predicted molar refractivity (Wildman–Crippen MR) is 94.5 cm³/mol. The molecule has 0 aliphatic rings. The summed E-state index contributed by atoms with van der Waals surface area (Å²) in [7, 11) is 1.80. The van der Waals surface area contributed by atoms with Crippen LogP contribution >= 0.6 is 0 Å². The molecule has 0 fully saturated rings. The fourth-order valence-corrected chi connectivity index (χ4v) is 2.64. The summed E-state index contributed by atoms with van der Waals surface area (Å²) in [5.74, 6) is -0.970. The second-order valence-electron chi connectivity index (χ2n) is 5.98. The number of ether oxygens (including phenoxy) is 1. The van der Waals surface area contributed by atoms with E-state index in [1.54, 1.807) is 17.8 Å². The molecular formula is C18H20N4O3.